The van der Waals surface area contributed by atoms with E-state index in [2.05, 4.69) is 41.4 Å². The molecule has 1 amide bonds. The van der Waals surface area contributed by atoms with Gasteiger partial charge >= 0.3 is 0 Å². The van der Waals surface area contributed by atoms with E-state index in [1.807, 2.05) is 0 Å². The predicted octanol–water partition coefficient (Wildman–Crippen LogP) is 3.91. The molecule has 1 aromatic carbocycles. The summed E-state index contributed by atoms with van der Waals surface area (Å²) < 4.78 is 0. The lowest BCUT2D eigenvalue weighted by Crippen LogP contribution is -2.62. The third kappa shape index (κ3) is 2.67. The number of nitrogens with zero attached hydrogens (tertiary/aromatic N) is 1. The summed E-state index contributed by atoms with van der Waals surface area (Å²) in [6.07, 6.45) is 10.2. The summed E-state index contributed by atoms with van der Waals surface area (Å²) in [6, 6.07) is 8.53. The number of hydrogen-bond acceptors (Lipinski definition) is 2. The van der Waals surface area contributed by atoms with E-state index in [-0.39, 0.29) is 17.5 Å². The van der Waals surface area contributed by atoms with E-state index in [1.54, 1.807) is 0 Å². The molecule has 0 radical (unpaired) electrons. The maximum Gasteiger partial charge on any atom is 0.242 e. The fourth-order valence-corrected chi connectivity index (χ4v) is 6.74. The van der Waals surface area contributed by atoms with E-state index in [4.69, 9.17) is 0 Å². The van der Waals surface area contributed by atoms with Gasteiger partial charge in [0.15, 0.2) is 0 Å². The first-order valence-electron chi connectivity index (χ1n) is 10.3. The van der Waals surface area contributed by atoms with E-state index in [0.29, 0.717) is 0 Å². The minimum atomic E-state index is -0.0746. The Balaban J connectivity index is 1.34. The van der Waals surface area contributed by atoms with Gasteiger partial charge in [-0.1, -0.05) is 18.2 Å². The van der Waals surface area contributed by atoms with Crippen LogP contribution in [0.3, 0.4) is 0 Å². The van der Waals surface area contributed by atoms with E-state index < -0.39 is 0 Å². The first kappa shape index (κ1) is 15.7. The van der Waals surface area contributed by atoms with Gasteiger partial charge in [-0.3, -0.25) is 4.79 Å². The molecule has 1 aromatic rings. The first-order valence-corrected chi connectivity index (χ1v) is 10.3. The van der Waals surface area contributed by atoms with E-state index in [0.717, 1.165) is 37.1 Å². The van der Waals surface area contributed by atoms with Crippen molar-refractivity contribution in [1.82, 2.24) is 5.32 Å². The molecule has 25 heavy (non-hydrogen) atoms. The maximum absolute atomic E-state index is 13.2. The van der Waals surface area contributed by atoms with Gasteiger partial charge in [0.25, 0.3) is 0 Å². The third-order valence-electron chi connectivity index (χ3n) is 7.42. The van der Waals surface area contributed by atoms with Gasteiger partial charge in [-0.05, 0) is 87.7 Å². The van der Waals surface area contributed by atoms with Gasteiger partial charge in [-0.15, -0.1) is 0 Å². The summed E-state index contributed by atoms with van der Waals surface area (Å²) in [5.41, 5.74) is 2.78. The number of carbonyl (C=O) groups excluding carboxylic acids is 1. The average molecular weight is 338 g/mol. The standard InChI is InChI=1S/C22H30N2O/c1-15(24-8-4-6-19-5-2-3-7-20(19)24)21(25)23-22-12-16-9-17(13-22)11-18(10-16)14-22/h2-3,5,7,15-18H,4,6,8-14H2,1H3,(H,23,25). The molecule has 6 rings (SSSR count). The van der Waals surface area contributed by atoms with Crippen LogP contribution in [-0.4, -0.2) is 24.0 Å². The topological polar surface area (TPSA) is 32.3 Å². The van der Waals surface area contributed by atoms with Gasteiger partial charge < -0.3 is 10.2 Å². The Morgan fingerprint density at radius 1 is 1.12 bits per heavy atom. The second-order valence-corrected chi connectivity index (χ2v) is 9.29. The van der Waals surface area contributed by atoms with Crippen molar-refractivity contribution < 1.29 is 4.79 Å². The average Bonchev–Trinajstić information content (AvgIpc) is 2.59. The van der Waals surface area contributed by atoms with Crippen molar-refractivity contribution in [2.75, 3.05) is 11.4 Å². The van der Waals surface area contributed by atoms with Crippen LogP contribution in [0.4, 0.5) is 5.69 Å². The van der Waals surface area contributed by atoms with E-state index in [1.165, 1.54) is 49.8 Å². The fraction of sp³-hybridized carbons (Fsp3) is 0.682. The van der Waals surface area contributed by atoms with E-state index in [9.17, 15) is 4.79 Å². The van der Waals surface area contributed by atoms with Crippen LogP contribution in [-0.2, 0) is 11.2 Å². The summed E-state index contributed by atoms with van der Waals surface area (Å²) in [6.45, 7) is 3.09. The molecule has 1 aliphatic heterocycles. The van der Waals surface area contributed by atoms with Crippen LogP contribution in [0.1, 0.15) is 57.4 Å². The van der Waals surface area contributed by atoms with Crippen molar-refractivity contribution in [2.24, 2.45) is 17.8 Å². The smallest absolute Gasteiger partial charge is 0.242 e. The minimum absolute atomic E-state index is 0.0746. The lowest BCUT2D eigenvalue weighted by atomic mass is 9.53. The second kappa shape index (κ2) is 5.75. The third-order valence-corrected chi connectivity index (χ3v) is 7.42. The molecule has 5 aliphatic rings. The van der Waals surface area contributed by atoms with Crippen LogP contribution < -0.4 is 10.2 Å². The van der Waals surface area contributed by atoms with E-state index >= 15 is 0 Å². The summed E-state index contributed by atoms with van der Waals surface area (Å²) in [7, 11) is 0. The first-order chi connectivity index (χ1) is 12.1. The molecular weight excluding hydrogens is 308 g/mol. The quantitative estimate of drug-likeness (QED) is 0.906. The van der Waals surface area contributed by atoms with Crippen molar-refractivity contribution >= 4 is 11.6 Å². The Bertz CT molecular complexity index is 647. The van der Waals surface area contributed by atoms with Crippen molar-refractivity contribution in [1.29, 1.82) is 0 Å². The van der Waals surface area contributed by atoms with Gasteiger partial charge in [0.1, 0.15) is 6.04 Å². The molecule has 0 spiro atoms. The fourth-order valence-electron chi connectivity index (χ4n) is 6.74. The maximum atomic E-state index is 13.2. The summed E-state index contributed by atoms with van der Waals surface area (Å²) >= 11 is 0. The number of anilines is 1. The van der Waals surface area contributed by atoms with Crippen LogP contribution in [0, 0.1) is 17.8 Å². The van der Waals surface area contributed by atoms with Gasteiger partial charge in [-0.25, -0.2) is 0 Å². The molecule has 3 nitrogen and oxygen atoms in total. The van der Waals surface area contributed by atoms with Gasteiger partial charge in [0.05, 0.1) is 0 Å². The molecule has 1 unspecified atom stereocenters. The zero-order valence-electron chi connectivity index (χ0n) is 15.3. The molecule has 134 valence electrons. The molecule has 4 aliphatic carbocycles. The Hall–Kier alpha value is -1.51. The molecule has 3 heteroatoms. The lowest BCUT2D eigenvalue weighted by Gasteiger charge is -2.57. The molecule has 1 atom stereocenters. The summed E-state index contributed by atoms with van der Waals surface area (Å²) in [4.78, 5) is 15.5. The van der Waals surface area contributed by atoms with Crippen LogP contribution in [0.25, 0.3) is 0 Å². The molecule has 0 saturated heterocycles. The number of benzene rings is 1. The highest BCUT2D eigenvalue weighted by molar-refractivity contribution is 5.86. The largest absolute Gasteiger partial charge is 0.360 e. The number of fused-ring (bicyclic) bond motifs is 1. The van der Waals surface area contributed by atoms with Gasteiger partial charge in [-0.2, -0.15) is 0 Å². The van der Waals surface area contributed by atoms with Crippen molar-refractivity contribution in [3.63, 3.8) is 0 Å². The SMILES string of the molecule is CC(C(=O)NC12CC3CC(CC(C3)C1)C2)N1CCCc2ccccc21. The number of para-hydroxylation sites is 1. The molecule has 4 bridgehead atoms. The Kier molecular flexibility index (Phi) is 3.62. The minimum Gasteiger partial charge on any atom is -0.360 e. The lowest BCUT2D eigenvalue weighted by molar-refractivity contribution is -0.127. The highest BCUT2D eigenvalue weighted by Crippen LogP contribution is 2.55. The highest BCUT2D eigenvalue weighted by Gasteiger charge is 2.51. The Morgan fingerprint density at radius 2 is 1.76 bits per heavy atom. The van der Waals surface area contributed by atoms with Crippen molar-refractivity contribution in [3.05, 3.63) is 29.8 Å². The molecule has 0 aromatic heterocycles. The van der Waals surface area contributed by atoms with Crippen molar-refractivity contribution in [2.45, 2.75) is 69.9 Å². The van der Waals surface area contributed by atoms with Crippen molar-refractivity contribution in [3.8, 4) is 0 Å². The van der Waals surface area contributed by atoms with Gasteiger partial charge in [0.2, 0.25) is 5.91 Å². The van der Waals surface area contributed by atoms with Crippen LogP contribution in [0.15, 0.2) is 24.3 Å². The highest BCUT2D eigenvalue weighted by atomic mass is 16.2. The van der Waals surface area contributed by atoms with Crippen LogP contribution in [0.5, 0.6) is 0 Å². The molecule has 4 saturated carbocycles. The normalized spacial score (nSPS) is 36.8. The Labute approximate surface area is 151 Å². The number of hydrogen-bond donors (Lipinski definition) is 1. The molecule has 1 N–H and O–H groups in total. The number of nitrogens with one attached hydrogen (secondary N) is 1. The summed E-state index contributed by atoms with van der Waals surface area (Å²) in [5, 5.41) is 3.57. The monoisotopic (exact) mass is 338 g/mol. The number of aryl methyl sites for hydroxylation is 1. The summed E-state index contributed by atoms with van der Waals surface area (Å²) in [5.74, 6) is 2.87. The number of amides is 1. The zero-order chi connectivity index (χ0) is 17.0. The molecule has 1 heterocycles. The van der Waals surface area contributed by atoms with Crippen LogP contribution in [0.2, 0.25) is 0 Å². The zero-order valence-corrected chi connectivity index (χ0v) is 15.3. The molecule has 4 fully saturated rings. The Morgan fingerprint density at radius 3 is 2.44 bits per heavy atom. The number of carbonyl (C=O) groups is 1. The van der Waals surface area contributed by atoms with Gasteiger partial charge in [0, 0.05) is 17.8 Å². The predicted molar refractivity (Wildman–Crippen MR) is 101 cm³/mol. The second-order valence-electron chi connectivity index (χ2n) is 9.29. The molecular formula is C22H30N2O. The van der Waals surface area contributed by atoms with Crippen LogP contribution >= 0.6 is 0 Å². The number of rotatable bonds is 3.